The molecule has 208 valence electrons. The van der Waals surface area contributed by atoms with E-state index in [1.807, 2.05) is 58.9 Å². The predicted molar refractivity (Wildman–Crippen MR) is 151 cm³/mol. The van der Waals surface area contributed by atoms with E-state index in [0.29, 0.717) is 0 Å². The number of rotatable bonds is 9. The first-order valence-electron chi connectivity index (χ1n) is 12.7. The average molecular weight is 554 g/mol. The molecule has 0 unspecified atom stereocenters. The molecule has 3 aromatic carbocycles. The SMILES string of the molecule is Cc1ccc(CN(C(=O)CN(c2ccc(F)cc2)S(=O)(=O)c2ccc(C)cc2)[C@@H](C)C(=O)NC(C)(C)C)cc1. The lowest BCUT2D eigenvalue weighted by atomic mass is 10.1. The van der Waals surface area contributed by atoms with Crippen LogP contribution < -0.4 is 9.62 Å². The lowest BCUT2D eigenvalue weighted by molar-refractivity contribution is -0.140. The van der Waals surface area contributed by atoms with Crippen molar-refractivity contribution in [3.05, 3.63) is 95.3 Å². The second-order valence-corrected chi connectivity index (χ2v) is 12.6. The molecule has 1 N–H and O–H groups in total. The third kappa shape index (κ3) is 7.89. The number of anilines is 1. The normalized spacial score (nSPS) is 12.5. The molecule has 0 aliphatic rings. The molecule has 0 aliphatic carbocycles. The molecule has 0 fully saturated rings. The second kappa shape index (κ2) is 12.0. The zero-order chi connectivity index (χ0) is 29.0. The lowest BCUT2D eigenvalue weighted by Gasteiger charge is -2.33. The van der Waals surface area contributed by atoms with Gasteiger partial charge in [-0.3, -0.25) is 13.9 Å². The fourth-order valence-electron chi connectivity index (χ4n) is 3.92. The Balaban J connectivity index is 2.02. The van der Waals surface area contributed by atoms with Crippen molar-refractivity contribution < 1.29 is 22.4 Å². The molecule has 0 aliphatic heterocycles. The van der Waals surface area contributed by atoms with Crippen LogP contribution in [0.2, 0.25) is 0 Å². The Morgan fingerprint density at radius 3 is 1.90 bits per heavy atom. The Hall–Kier alpha value is -3.72. The van der Waals surface area contributed by atoms with Crippen molar-refractivity contribution in [1.82, 2.24) is 10.2 Å². The number of nitrogens with zero attached hydrogens (tertiary/aromatic N) is 2. The Labute approximate surface area is 230 Å². The number of nitrogens with one attached hydrogen (secondary N) is 1. The molecule has 2 amide bonds. The van der Waals surface area contributed by atoms with Crippen molar-refractivity contribution in [1.29, 1.82) is 0 Å². The fraction of sp³-hybridized carbons (Fsp3) is 0.333. The number of amides is 2. The van der Waals surface area contributed by atoms with E-state index in [-0.39, 0.29) is 23.0 Å². The first-order chi connectivity index (χ1) is 18.2. The molecule has 0 spiro atoms. The number of aryl methyl sites for hydroxylation is 2. The maximum absolute atomic E-state index is 13.9. The third-order valence-corrected chi connectivity index (χ3v) is 7.93. The molecule has 3 rings (SSSR count). The van der Waals surface area contributed by atoms with E-state index >= 15 is 0 Å². The van der Waals surface area contributed by atoms with E-state index in [9.17, 15) is 22.4 Å². The van der Waals surface area contributed by atoms with Gasteiger partial charge < -0.3 is 10.2 Å². The van der Waals surface area contributed by atoms with Gasteiger partial charge in [-0.1, -0.05) is 47.5 Å². The maximum Gasteiger partial charge on any atom is 0.264 e. The minimum absolute atomic E-state index is 0.00571. The molecular weight excluding hydrogens is 517 g/mol. The van der Waals surface area contributed by atoms with Gasteiger partial charge in [-0.2, -0.15) is 0 Å². The molecule has 7 nitrogen and oxygen atoms in total. The molecule has 39 heavy (non-hydrogen) atoms. The first kappa shape index (κ1) is 29.8. The topological polar surface area (TPSA) is 86.8 Å². The predicted octanol–water partition coefficient (Wildman–Crippen LogP) is 4.97. The van der Waals surface area contributed by atoms with Crippen LogP contribution in [0, 0.1) is 19.7 Å². The number of carbonyl (C=O) groups excluding carboxylic acids is 2. The molecule has 0 bridgehead atoms. The number of hydrogen-bond donors (Lipinski definition) is 1. The zero-order valence-electron chi connectivity index (χ0n) is 23.2. The molecule has 0 radical (unpaired) electrons. The number of halogens is 1. The highest BCUT2D eigenvalue weighted by molar-refractivity contribution is 7.92. The van der Waals surface area contributed by atoms with E-state index < -0.39 is 39.9 Å². The van der Waals surface area contributed by atoms with Crippen LogP contribution in [-0.2, 0) is 26.2 Å². The third-order valence-electron chi connectivity index (χ3n) is 6.14. The quantitative estimate of drug-likeness (QED) is 0.405. The summed E-state index contributed by atoms with van der Waals surface area (Å²) < 4.78 is 42.2. The summed E-state index contributed by atoms with van der Waals surface area (Å²) in [6, 6.07) is 17.8. The minimum atomic E-state index is -4.20. The van der Waals surface area contributed by atoms with E-state index in [4.69, 9.17) is 0 Å². The van der Waals surface area contributed by atoms with Crippen molar-refractivity contribution in [2.45, 2.75) is 64.6 Å². The van der Waals surface area contributed by atoms with Gasteiger partial charge in [0, 0.05) is 12.1 Å². The van der Waals surface area contributed by atoms with Gasteiger partial charge in [-0.15, -0.1) is 0 Å². The second-order valence-electron chi connectivity index (χ2n) is 10.7. The van der Waals surface area contributed by atoms with Crippen molar-refractivity contribution in [3.63, 3.8) is 0 Å². The molecule has 9 heteroatoms. The standard InChI is InChI=1S/C30H36FN3O4S/c1-21-7-11-24(12-8-21)19-33(23(3)29(36)32-30(4,5)6)28(35)20-34(26-15-13-25(31)14-16-26)39(37,38)27-17-9-22(2)10-18-27/h7-18,23H,19-20H2,1-6H3,(H,32,36)/t23-/m0/s1. The summed E-state index contributed by atoms with van der Waals surface area (Å²) in [5, 5.41) is 2.90. The molecule has 3 aromatic rings. The van der Waals surface area contributed by atoms with Gasteiger partial charge in [-0.25, -0.2) is 12.8 Å². The number of carbonyl (C=O) groups is 2. The van der Waals surface area contributed by atoms with Crippen LogP contribution in [-0.4, -0.2) is 43.3 Å². The van der Waals surface area contributed by atoms with Crippen LogP contribution in [0.1, 0.15) is 44.4 Å². The van der Waals surface area contributed by atoms with E-state index in [1.165, 1.54) is 29.2 Å². The van der Waals surface area contributed by atoms with Crippen molar-refractivity contribution in [3.8, 4) is 0 Å². The van der Waals surface area contributed by atoms with Crippen LogP contribution in [0.4, 0.5) is 10.1 Å². The summed E-state index contributed by atoms with van der Waals surface area (Å²) in [6.45, 7) is 10.4. The minimum Gasteiger partial charge on any atom is -0.350 e. The molecule has 1 atom stereocenters. The van der Waals surface area contributed by atoms with Gasteiger partial charge in [0.15, 0.2) is 0 Å². The highest BCUT2D eigenvalue weighted by Crippen LogP contribution is 2.25. The molecule has 0 saturated carbocycles. The van der Waals surface area contributed by atoms with Gasteiger partial charge in [0.2, 0.25) is 11.8 Å². The smallest absolute Gasteiger partial charge is 0.264 e. The number of benzene rings is 3. The monoisotopic (exact) mass is 553 g/mol. The maximum atomic E-state index is 13.9. The van der Waals surface area contributed by atoms with Crippen LogP contribution in [0.3, 0.4) is 0 Å². The summed E-state index contributed by atoms with van der Waals surface area (Å²) in [7, 11) is -4.20. The number of hydrogen-bond acceptors (Lipinski definition) is 4. The molecular formula is C30H36FN3O4S. The average Bonchev–Trinajstić information content (AvgIpc) is 2.86. The summed E-state index contributed by atoms with van der Waals surface area (Å²) in [4.78, 5) is 28.4. The summed E-state index contributed by atoms with van der Waals surface area (Å²) in [6.07, 6.45) is 0. The summed E-state index contributed by atoms with van der Waals surface area (Å²) >= 11 is 0. The molecule has 0 aromatic heterocycles. The Kier molecular flexibility index (Phi) is 9.17. The zero-order valence-corrected chi connectivity index (χ0v) is 24.0. The van der Waals surface area contributed by atoms with Gasteiger partial charge >= 0.3 is 0 Å². The van der Waals surface area contributed by atoms with E-state index in [0.717, 1.165) is 33.1 Å². The van der Waals surface area contributed by atoms with Crippen molar-refractivity contribution in [2.75, 3.05) is 10.8 Å². The van der Waals surface area contributed by atoms with E-state index in [2.05, 4.69) is 5.32 Å². The number of sulfonamides is 1. The fourth-order valence-corrected chi connectivity index (χ4v) is 5.33. The van der Waals surface area contributed by atoms with Crippen molar-refractivity contribution in [2.24, 2.45) is 0 Å². The molecule has 0 heterocycles. The summed E-state index contributed by atoms with van der Waals surface area (Å²) in [5.41, 5.74) is 2.31. The lowest BCUT2D eigenvalue weighted by Crippen LogP contribution is -2.54. The van der Waals surface area contributed by atoms with Crippen LogP contribution >= 0.6 is 0 Å². The Bertz CT molecular complexity index is 1400. The van der Waals surface area contributed by atoms with Gasteiger partial charge in [-0.05, 0) is 83.5 Å². The highest BCUT2D eigenvalue weighted by Gasteiger charge is 2.33. The van der Waals surface area contributed by atoms with Crippen LogP contribution in [0.5, 0.6) is 0 Å². The Morgan fingerprint density at radius 1 is 0.872 bits per heavy atom. The Morgan fingerprint density at radius 2 is 1.38 bits per heavy atom. The first-order valence-corrected chi connectivity index (χ1v) is 14.1. The largest absolute Gasteiger partial charge is 0.350 e. The van der Waals surface area contributed by atoms with Crippen LogP contribution in [0.25, 0.3) is 0 Å². The van der Waals surface area contributed by atoms with Gasteiger partial charge in [0.1, 0.15) is 18.4 Å². The highest BCUT2D eigenvalue weighted by atomic mass is 32.2. The van der Waals surface area contributed by atoms with Gasteiger partial charge in [0.25, 0.3) is 10.0 Å². The van der Waals surface area contributed by atoms with Crippen molar-refractivity contribution >= 4 is 27.5 Å². The van der Waals surface area contributed by atoms with Crippen LogP contribution in [0.15, 0.2) is 77.7 Å². The van der Waals surface area contributed by atoms with Gasteiger partial charge in [0.05, 0.1) is 10.6 Å². The summed E-state index contributed by atoms with van der Waals surface area (Å²) in [5.74, 6) is -1.48. The van der Waals surface area contributed by atoms with E-state index in [1.54, 1.807) is 19.1 Å². The molecule has 0 saturated heterocycles.